The zero-order valence-electron chi connectivity index (χ0n) is 21.1. The van der Waals surface area contributed by atoms with Crippen molar-refractivity contribution in [2.45, 2.75) is 57.1 Å². The zero-order valence-corrected chi connectivity index (χ0v) is 21.9. The number of rotatable bonds is 7. The fourth-order valence-electron chi connectivity index (χ4n) is 5.14. The minimum Gasteiger partial charge on any atom is -0.445 e. The third kappa shape index (κ3) is 4.77. The monoisotopic (exact) mass is 509 g/mol. The lowest BCUT2D eigenvalue weighted by Crippen LogP contribution is -2.57. The summed E-state index contributed by atoms with van der Waals surface area (Å²) in [5, 5.41) is 4.47. The van der Waals surface area contributed by atoms with Crippen molar-refractivity contribution in [3.8, 4) is 11.3 Å². The summed E-state index contributed by atoms with van der Waals surface area (Å²) in [6, 6.07) is 15.4. The topological polar surface area (TPSA) is 98.7 Å². The number of hydrogen-bond donors (Lipinski definition) is 1. The molecule has 8 heteroatoms. The number of nitrogens with zero attached hydrogens (tertiary/aromatic N) is 2. The van der Waals surface area contributed by atoms with E-state index in [0.29, 0.717) is 36.3 Å². The van der Waals surface area contributed by atoms with Crippen LogP contribution < -0.4 is 5.73 Å². The summed E-state index contributed by atoms with van der Waals surface area (Å²) in [5.74, 6) is -1.06. The SMILES string of the molecule is Cc1ccccc1CC1(N(C)C)CCC(OC(=O)c2c(-c3ccccc3Cl)noc2C)(C(N)=O)CC1. The van der Waals surface area contributed by atoms with E-state index in [1.807, 2.05) is 12.1 Å². The predicted octanol–water partition coefficient (Wildman–Crippen LogP) is 5.11. The van der Waals surface area contributed by atoms with E-state index in [1.165, 1.54) is 11.1 Å². The van der Waals surface area contributed by atoms with Gasteiger partial charge in [0.05, 0.1) is 5.02 Å². The lowest BCUT2D eigenvalue weighted by Gasteiger charge is -2.48. The molecule has 1 fully saturated rings. The van der Waals surface area contributed by atoms with Crippen LogP contribution in [0.4, 0.5) is 0 Å². The zero-order chi connectivity index (χ0) is 26.1. The fourth-order valence-corrected chi connectivity index (χ4v) is 5.37. The van der Waals surface area contributed by atoms with Gasteiger partial charge in [-0.2, -0.15) is 0 Å². The van der Waals surface area contributed by atoms with Crippen LogP contribution in [-0.2, 0) is 16.0 Å². The maximum absolute atomic E-state index is 13.5. The third-order valence-electron chi connectivity index (χ3n) is 7.65. The maximum atomic E-state index is 13.5. The molecule has 1 aromatic heterocycles. The molecule has 0 atom stereocenters. The number of aryl methyl sites for hydroxylation is 2. The van der Waals surface area contributed by atoms with Crippen LogP contribution in [-0.4, -0.2) is 47.2 Å². The van der Waals surface area contributed by atoms with E-state index in [1.54, 1.807) is 31.2 Å². The molecule has 1 heterocycles. The first-order valence-corrected chi connectivity index (χ1v) is 12.4. The number of nitrogens with two attached hydrogens (primary N) is 1. The standard InChI is InChI=1S/C28H32ClN3O4/c1-18-9-5-6-10-20(18)17-27(32(3)4)13-15-28(16-14-27,26(30)34)35-25(33)23-19(2)36-31-24(23)21-11-7-8-12-22(21)29/h5-12H,13-17H2,1-4H3,(H2,30,34). The molecule has 3 aromatic rings. The molecule has 1 saturated carbocycles. The Morgan fingerprint density at radius 1 is 1.06 bits per heavy atom. The van der Waals surface area contributed by atoms with Gasteiger partial charge in [0, 0.05) is 11.1 Å². The molecule has 0 spiro atoms. The van der Waals surface area contributed by atoms with Crippen molar-refractivity contribution in [3.05, 3.63) is 76.0 Å². The highest BCUT2D eigenvalue weighted by Gasteiger charge is 2.50. The molecular weight excluding hydrogens is 478 g/mol. The average molecular weight is 510 g/mol. The lowest BCUT2D eigenvalue weighted by atomic mass is 9.70. The van der Waals surface area contributed by atoms with Crippen molar-refractivity contribution >= 4 is 23.5 Å². The Morgan fingerprint density at radius 2 is 1.69 bits per heavy atom. The number of benzene rings is 2. The number of esters is 1. The van der Waals surface area contributed by atoms with Crippen molar-refractivity contribution in [1.29, 1.82) is 0 Å². The average Bonchev–Trinajstić information content (AvgIpc) is 3.23. The molecule has 2 aromatic carbocycles. The van der Waals surface area contributed by atoms with Gasteiger partial charge in [0.25, 0.3) is 5.91 Å². The van der Waals surface area contributed by atoms with Crippen molar-refractivity contribution < 1.29 is 18.8 Å². The Balaban J connectivity index is 1.60. The molecule has 7 nitrogen and oxygen atoms in total. The van der Waals surface area contributed by atoms with Crippen LogP contribution in [0.25, 0.3) is 11.3 Å². The molecule has 0 unspecified atom stereocenters. The maximum Gasteiger partial charge on any atom is 0.345 e. The highest BCUT2D eigenvalue weighted by atomic mass is 35.5. The van der Waals surface area contributed by atoms with Gasteiger partial charge in [0.1, 0.15) is 17.0 Å². The summed E-state index contributed by atoms with van der Waals surface area (Å²) >= 11 is 6.34. The smallest absolute Gasteiger partial charge is 0.345 e. The van der Waals surface area contributed by atoms with Gasteiger partial charge in [-0.05, 0) is 77.2 Å². The van der Waals surface area contributed by atoms with E-state index in [4.69, 9.17) is 26.6 Å². The quantitative estimate of drug-likeness (QED) is 0.444. The molecule has 4 rings (SSSR count). The highest BCUT2D eigenvalue weighted by molar-refractivity contribution is 6.33. The number of carbonyl (C=O) groups is 2. The summed E-state index contributed by atoms with van der Waals surface area (Å²) in [4.78, 5) is 28.4. The molecule has 190 valence electrons. The summed E-state index contributed by atoms with van der Waals surface area (Å²) in [7, 11) is 4.11. The molecule has 0 saturated heterocycles. The van der Waals surface area contributed by atoms with Gasteiger partial charge in [-0.1, -0.05) is 59.2 Å². The summed E-state index contributed by atoms with van der Waals surface area (Å²) in [5.41, 5.74) is 7.73. The third-order valence-corrected chi connectivity index (χ3v) is 7.98. The first-order valence-electron chi connectivity index (χ1n) is 12.0. The van der Waals surface area contributed by atoms with Gasteiger partial charge in [0.2, 0.25) is 0 Å². The highest BCUT2D eigenvalue weighted by Crippen LogP contribution is 2.43. The van der Waals surface area contributed by atoms with Crippen LogP contribution in [0.15, 0.2) is 53.1 Å². The number of ether oxygens (including phenoxy) is 1. The molecule has 1 amide bonds. The second-order valence-corrected chi connectivity index (χ2v) is 10.3. The molecule has 0 bridgehead atoms. The van der Waals surface area contributed by atoms with E-state index >= 15 is 0 Å². The number of likely N-dealkylation sites (N-methyl/N-ethyl adjacent to an activating group) is 1. The molecular formula is C28H32ClN3O4. The number of hydrogen-bond acceptors (Lipinski definition) is 6. The Labute approximate surface area is 216 Å². The van der Waals surface area contributed by atoms with Crippen molar-refractivity contribution in [2.24, 2.45) is 5.73 Å². The predicted molar refractivity (Wildman–Crippen MR) is 139 cm³/mol. The van der Waals surface area contributed by atoms with Crippen LogP contribution in [0.2, 0.25) is 5.02 Å². The molecule has 1 aliphatic carbocycles. The first kappa shape index (κ1) is 25.9. The first-order chi connectivity index (χ1) is 17.1. The van der Waals surface area contributed by atoms with Crippen molar-refractivity contribution in [1.82, 2.24) is 10.1 Å². The summed E-state index contributed by atoms with van der Waals surface area (Å²) < 4.78 is 11.3. The van der Waals surface area contributed by atoms with Gasteiger partial charge in [-0.3, -0.25) is 4.79 Å². The van der Waals surface area contributed by atoms with Crippen LogP contribution >= 0.6 is 11.6 Å². The minimum absolute atomic E-state index is 0.146. The fraction of sp³-hybridized carbons (Fsp3) is 0.393. The Hall–Kier alpha value is -3.16. The Bertz CT molecular complexity index is 1280. The molecule has 0 radical (unpaired) electrons. The molecule has 1 aliphatic rings. The number of aromatic nitrogens is 1. The van der Waals surface area contributed by atoms with Crippen LogP contribution in [0.3, 0.4) is 0 Å². The van der Waals surface area contributed by atoms with E-state index < -0.39 is 17.5 Å². The summed E-state index contributed by atoms with van der Waals surface area (Å²) in [6.45, 7) is 3.73. The minimum atomic E-state index is -1.41. The van der Waals surface area contributed by atoms with E-state index in [0.717, 1.165) is 6.42 Å². The van der Waals surface area contributed by atoms with Gasteiger partial charge in [0.15, 0.2) is 5.60 Å². The van der Waals surface area contributed by atoms with E-state index in [9.17, 15) is 9.59 Å². The van der Waals surface area contributed by atoms with Crippen LogP contribution in [0.1, 0.15) is 52.9 Å². The van der Waals surface area contributed by atoms with Gasteiger partial charge >= 0.3 is 5.97 Å². The van der Waals surface area contributed by atoms with Gasteiger partial charge in [-0.15, -0.1) is 0 Å². The molecule has 2 N–H and O–H groups in total. The van der Waals surface area contributed by atoms with Gasteiger partial charge < -0.3 is 19.9 Å². The van der Waals surface area contributed by atoms with E-state index in [2.05, 4.69) is 43.2 Å². The number of primary amides is 1. The normalized spacial score (nSPS) is 21.9. The molecule has 0 aliphatic heterocycles. The Morgan fingerprint density at radius 3 is 2.31 bits per heavy atom. The largest absolute Gasteiger partial charge is 0.445 e. The van der Waals surface area contributed by atoms with Crippen LogP contribution in [0, 0.1) is 13.8 Å². The number of carbonyl (C=O) groups excluding carboxylic acids is 2. The van der Waals surface area contributed by atoms with Crippen molar-refractivity contribution in [3.63, 3.8) is 0 Å². The van der Waals surface area contributed by atoms with Gasteiger partial charge in [-0.25, -0.2) is 4.79 Å². The number of halogens is 1. The summed E-state index contributed by atoms with van der Waals surface area (Å²) in [6.07, 6.45) is 2.76. The lowest BCUT2D eigenvalue weighted by molar-refractivity contribution is -0.144. The van der Waals surface area contributed by atoms with Crippen molar-refractivity contribution in [2.75, 3.05) is 14.1 Å². The molecule has 36 heavy (non-hydrogen) atoms. The van der Waals surface area contributed by atoms with Crippen LogP contribution in [0.5, 0.6) is 0 Å². The second kappa shape index (κ2) is 10.1. The Kier molecular flexibility index (Phi) is 7.25. The number of amides is 1. The second-order valence-electron chi connectivity index (χ2n) is 9.91. The van der Waals surface area contributed by atoms with E-state index in [-0.39, 0.29) is 22.6 Å².